The molecule has 564 valence electrons. The Labute approximate surface area is 633 Å². The molecule has 0 aliphatic carbocycles. The third kappa shape index (κ3) is 34.0. The van der Waals surface area contributed by atoms with Crippen LogP contribution in [0.4, 0.5) is 0 Å². The number of carbonyl (C=O) groups excluding carboxylic acids is 1. The maximum absolute atomic E-state index is 12.8. The fourth-order valence-electron chi connectivity index (χ4n) is 15.0. The van der Waals surface area contributed by atoms with Crippen LogP contribution in [0.5, 0.6) is 0 Å². The number of benzene rings is 5. The van der Waals surface area contributed by atoms with Crippen molar-refractivity contribution in [3.63, 3.8) is 0 Å². The third-order valence-corrected chi connectivity index (χ3v) is 68.9. The summed E-state index contributed by atoms with van der Waals surface area (Å²) < 4.78 is 70.8. The van der Waals surface area contributed by atoms with Crippen LogP contribution in [-0.2, 0) is 42.1 Å². The smallest absolute Gasteiger partial charge is 0.460 e. The van der Waals surface area contributed by atoms with Crippen LogP contribution in [0.2, 0.25) is 196 Å². The van der Waals surface area contributed by atoms with Gasteiger partial charge >= 0.3 is 17.6 Å². The molecule has 5 rings (SSSR count). The Morgan fingerprint density at radius 2 is 0.574 bits per heavy atom. The Hall–Kier alpha value is -2.03. The average molecular weight is 1600 g/mol. The van der Waals surface area contributed by atoms with Gasteiger partial charge in [0.25, 0.3) is 0 Å². The van der Waals surface area contributed by atoms with Gasteiger partial charge in [0.2, 0.25) is 0 Å². The second-order valence-electron chi connectivity index (χ2n) is 35.5. The maximum atomic E-state index is 12.8. The van der Waals surface area contributed by atoms with Crippen LogP contribution in [0.25, 0.3) is 0 Å². The summed E-state index contributed by atoms with van der Waals surface area (Å²) in [4.78, 5) is 12.8. The summed E-state index contributed by atoms with van der Waals surface area (Å²) in [7, 11) is -31.2. The molecular weight excluding hydrogens is 1460 g/mol. The van der Waals surface area contributed by atoms with E-state index in [-0.39, 0.29) is 5.78 Å². The number of hydrogen-bond donors (Lipinski definition) is 0. The number of allylic oxidation sites excluding steroid dienone is 1. The second-order valence-corrected chi connectivity index (χ2v) is 84.6. The molecule has 0 saturated heterocycles. The van der Waals surface area contributed by atoms with Crippen molar-refractivity contribution in [1.29, 1.82) is 0 Å². The van der Waals surface area contributed by atoms with Gasteiger partial charge in [-0.05, 0) is 261 Å². The lowest BCUT2D eigenvalue weighted by Gasteiger charge is -2.48. The quantitative estimate of drug-likeness (QED) is 0.0213. The molecule has 5 aromatic rings. The highest BCUT2D eigenvalue weighted by Gasteiger charge is 2.57. The van der Waals surface area contributed by atoms with Gasteiger partial charge in [-0.15, -0.1) is 0 Å². The zero-order valence-electron chi connectivity index (χ0n) is 67.8. The highest BCUT2D eigenvalue weighted by Crippen LogP contribution is 2.43. The number of hydrogen-bond acceptors (Lipinski definition) is 10. The van der Waals surface area contributed by atoms with Crippen LogP contribution >= 0.6 is 0 Å². The summed E-state index contributed by atoms with van der Waals surface area (Å²) in [6.07, 6.45) is 1.11. The molecule has 5 unspecified atom stereocenters. The molecule has 0 heterocycles. The molecule has 0 fully saturated rings. The van der Waals surface area contributed by atoms with Crippen molar-refractivity contribution in [2.75, 3.05) is 6.61 Å². The highest BCUT2D eigenvalue weighted by atomic mass is 28.5. The van der Waals surface area contributed by atoms with Crippen LogP contribution in [0.1, 0.15) is 112 Å². The van der Waals surface area contributed by atoms with E-state index in [0.717, 1.165) is 66.5 Å². The Kier molecular flexibility index (Phi) is 35.4. The Morgan fingerprint density at radius 1 is 0.337 bits per heavy atom. The van der Waals surface area contributed by atoms with E-state index in [4.69, 9.17) is 37.3 Å². The summed E-state index contributed by atoms with van der Waals surface area (Å²) in [6.45, 7) is 61.7. The lowest BCUT2D eigenvalue weighted by Crippen LogP contribution is -2.64. The van der Waals surface area contributed by atoms with E-state index >= 15 is 0 Å². The largest absolute Gasteiger partial charge is 0.469 e. The summed E-state index contributed by atoms with van der Waals surface area (Å²) in [6, 6.07) is 66.9. The molecule has 0 bridgehead atoms. The molecule has 0 aromatic heterocycles. The monoisotopic (exact) mass is 1600 g/mol. The van der Waals surface area contributed by atoms with E-state index in [9.17, 15) is 4.79 Å². The summed E-state index contributed by atoms with van der Waals surface area (Å²) in [5, 5.41) is 0. The van der Waals surface area contributed by atoms with Crippen molar-refractivity contribution in [3.8, 4) is 0 Å². The van der Waals surface area contributed by atoms with Gasteiger partial charge in [-0.1, -0.05) is 193 Å². The molecular formula is C78H140O10Si13. The first-order valence-corrected chi connectivity index (χ1v) is 73.5. The van der Waals surface area contributed by atoms with Crippen molar-refractivity contribution in [2.45, 2.75) is 280 Å². The predicted octanol–water partition coefficient (Wildman–Crippen LogP) is 22.8. The van der Waals surface area contributed by atoms with Crippen molar-refractivity contribution >= 4 is 118 Å². The van der Waals surface area contributed by atoms with E-state index < -0.39 is 112 Å². The fraction of sp³-hybridized carbons (Fsp3) is 0.577. The fourth-order valence-corrected chi connectivity index (χ4v) is 74.3. The van der Waals surface area contributed by atoms with Crippen molar-refractivity contribution in [3.05, 3.63) is 192 Å². The van der Waals surface area contributed by atoms with Gasteiger partial charge in [0.05, 0.1) is 0 Å². The number of rotatable bonds is 49. The van der Waals surface area contributed by atoms with Gasteiger partial charge in [0.1, 0.15) is 19.5 Å². The van der Waals surface area contributed by atoms with E-state index in [0.29, 0.717) is 66.7 Å². The second kappa shape index (κ2) is 39.9. The van der Waals surface area contributed by atoms with Crippen molar-refractivity contribution in [1.82, 2.24) is 0 Å². The topological polar surface area (TPSA) is 100 Å². The summed E-state index contributed by atoms with van der Waals surface area (Å²) in [5.74, 6) is 1.88. The molecule has 0 aliphatic heterocycles. The molecule has 0 spiro atoms. The minimum Gasteiger partial charge on any atom is -0.460 e. The SMILES string of the molecule is C=C(C)C(=O)CCCO[Si](C)(C)CC[Si](O[Si](C)(C)CC[SiH2]O[Si](C)(C)CC(C)c1ccccc1)(O[Si](C)(C)CC[SiH2]O[Si](C)(C)CC(C)c1ccccc1)O[Si](C)(C)CC[Si](O[Si](C)(C)CC(C)c1ccccc1)(O[Si](C)(C)CC(C)c1ccccc1)O[Si](C)(C)CC(C)c1ccccc1. The minimum atomic E-state index is -3.66. The molecule has 101 heavy (non-hydrogen) atoms. The van der Waals surface area contributed by atoms with Gasteiger partial charge < -0.3 is 37.3 Å². The maximum Gasteiger partial charge on any atom is 0.469 e. The molecule has 23 heteroatoms. The van der Waals surface area contributed by atoms with Crippen molar-refractivity contribution < 1.29 is 42.1 Å². The van der Waals surface area contributed by atoms with E-state index in [1.54, 1.807) is 6.92 Å². The number of carbonyl (C=O) groups is 1. The van der Waals surface area contributed by atoms with Gasteiger partial charge in [-0.3, -0.25) is 4.79 Å². The van der Waals surface area contributed by atoms with Crippen LogP contribution in [0.15, 0.2) is 164 Å². The van der Waals surface area contributed by atoms with Gasteiger partial charge in [0.15, 0.2) is 80.6 Å². The van der Waals surface area contributed by atoms with E-state index in [1.165, 1.54) is 27.8 Å². The molecule has 5 aromatic carbocycles. The zero-order valence-corrected chi connectivity index (χ0v) is 81.7. The van der Waals surface area contributed by atoms with Crippen molar-refractivity contribution in [2.24, 2.45) is 0 Å². The lowest BCUT2D eigenvalue weighted by molar-refractivity contribution is -0.115. The van der Waals surface area contributed by atoms with Crippen LogP contribution in [0, 0.1) is 0 Å². The van der Waals surface area contributed by atoms with Crippen LogP contribution in [0.3, 0.4) is 0 Å². The third-order valence-electron chi connectivity index (χ3n) is 19.8. The molecule has 10 nitrogen and oxygen atoms in total. The Morgan fingerprint density at radius 3 is 0.842 bits per heavy atom. The molecule has 5 atom stereocenters. The van der Waals surface area contributed by atoms with E-state index in [2.05, 4.69) is 311 Å². The summed E-state index contributed by atoms with van der Waals surface area (Å²) >= 11 is 0. The molecule has 0 aliphatic rings. The molecule has 0 saturated carbocycles. The van der Waals surface area contributed by atoms with Crippen LogP contribution in [-0.4, -0.2) is 124 Å². The minimum absolute atomic E-state index is 0.102. The summed E-state index contributed by atoms with van der Waals surface area (Å²) in [5.41, 5.74) is 7.39. The standard InChI is InChI=1S/C78H140O10Si13/c1-67(2)78(79)52-41-53-80-91(8,9)58-60-100(83-92(10,11)56-54-89-81-95(16,17)62-68(3)73-42-31-26-32-43-73,84-93(12,13)57-55-90-82-96(18,19)63-69(4)74-44-33-27-34-45-74)85-94(14,15)59-61-101(86-97(20,21)64-70(5)75-46-35-28-36-47-75,87-98(22,23)65-71(6)76-48-37-29-38-49-76)88-99(24,25)66-72(7)77-50-39-30-40-51-77/h26-40,42-51,68-72H,1,41,52-66,89-90H2,2-25H3. The highest BCUT2D eigenvalue weighted by molar-refractivity contribution is 6.94. The Bertz CT molecular complexity index is 2990. The number of ketones is 1. The Balaban J connectivity index is 1.63. The first-order chi connectivity index (χ1) is 46.8. The zero-order chi connectivity index (χ0) is 75.2. The first-order valence-electron chi connectivity index (χ1n) is 38.4. The van der Waals surface area contributed by atoms with Gasteiger partial charge in [-0.25, -0.2) is 0 Å². The van der Waals surface area contributed by atoms with E-state index in [1.807, 2.05) is 0 Å². The first kappa shape index (κ1) is 89.6. The predicted molar refractivity (Wildman–Crippen MR) is 466 cm³/mol. The normalized spacial score (nSPS) is 16.3. The average Bonchev–Trinajstić information content (AvgIpc) is 0.779. The van der Waals surface area contributed by atoms with Gasteiger partial charge in [-0.2, -0.15) is 0 Å². The molecule has 0 radical (unpaired) electrons. The van der Waals surface area contributed by atoms with Gasteiger partial charge in [0, 0.05) is 25.1 Å². The van der Waals surface area contributed by atoms with Crippen LogP contribution < -0.4 is 0 Å². The lowest BCUT2D eigenvalue weighted by atomic mass is 10.0. The molecule has 0 amide bonds. The number of Topliss-reactive ketones (excluding diaryl/α,β-unsaturated/α-hetero) is 1. The molecule has 0 N–H and O–H groups in total.